The number of nitrogens with one attached hydrogen (secondary N) is 2. The molecule has 2 atom stereocenters. The topological polar surface area (TPSA) is 41.1 Å². The van der Waals surface area contributed by atoms with Crippen LogP contribution in [0.25, 0.3) is 11.1 Å². The molecule has 1 fully saturated rings. The summed E-state index contributed by atoms with van der Waals surface area (Å²) in [6.07, 6.45) is 0. The van der Waals surface area contributed by atoms with Gasteiger partial charge >= 0.3 is 0 Å². The van der Waals surface area contributed by atoms with E-state index in [0.29, 0.717) is 6.54 Å². The minimum atomic E-state index is -0.0576. The van der Waals surface area contributed by atoms with Crippen LogP contribution < -0.4 is 10.6 Å². The molecule has 4 rings (SSSR count). The van der Waals surface area contributed by atoms with Crippen LogP contribution in [0.3, 0.4) is 0 Å². The van der Waals surface area contributed by atoms with Gasteiger partial charge in [-0.25, -0.2) is 0 Å². The number of hydrogen-bond acceptors (Lipinski definition) is 2. The molecule has 1 amide bonds. The second-order valence-electron chi connectivity index (χ2n) is 6.72. The molecule has 2 N–H and O–H groups in total. The highest BCUT2D eigenvalue weighted by atomic mass is 16.1. The first-order chi connectivity index (χ1) is 12.8. The van der Waals surface area contributed by atoms with Gasteiger partial charge in [0.1, 0.15) is 0 Å². The number of hydrogen-bond donors (Lipinski definition) is 2. The van der Waals surface area contributed by atoms with Gasteiger partial charge in [0.2, 0.25) is 5.91 Å². The number of anilines is 1. The summed E-state index contributed by atoms with van der Waals surface area (Å²) in [6, 6.07) is 28.5. The third-order valence-electron chi connectivity index (χ3n) is 5.02. The molecule has 3 nitrogen and oxygen atoms in total. The summed E-state index contributed by atoms with van der Waals surface area (Å²) in [4.78, 5) is 12.9. The Morgan fingerprint density at radius 1 is 0.808 bits per heavy atom. The van der Waals surface area contributed by atoms with Crippen LogP contribution in [0.2, 0.25) is 0 Å². The van der Waals surface area contributed by atoms with Crippen molar-refractivity contribution in [3.8, 4) is 11.1 Å². The van der Waals surface area contributed by atoms with Crippen molar-refractivity contribution in [1.29, 1.82) is 0 Å². The van der Waals surface area contributed by atoms with E-state index in [2.05, 4.69) is 41.0 Å². The average molecular weight is 342 g/mol. The SMILES string of the molecule is O=C(Nc1cccc(-c2ccccc2)c1)[C@@H]1CNC[C@H]1c1ccccc1. The van der Waals surface area contributed by atoms with E-state index in [1.165, 1.54) is 5.56 Å². The predicted octanol–water partition coefficient (Wildman–Crippen LogP) is 4.30. The average Bonchev–Trinajstić information content (AvgIpc) is 3.20. The molecule has 0 spiro atoms. The second-order valence-corrected chi connectivity index (χ2v) is 6.72. The number of amides is 1. The molecule has 0 bridgehead atoms. The van der Waals surface area contributed by atoms with Crippen LogP contribution >= 0.6 is 0 Å². The molecule has 3 heteroatoms. The first-order valence-electron chi connectivity index (χ1n) is 9.03. The molecule has 1 aliphatic heterocycles. The lowest BCUT2D eigenvalue weighted by Crippen LogP contribution is -2.28. The zero-order valence-electron chi connectivity index (χ0n) is 14.6. The number of carbonyl (C=O) groups excluding carboxylic acids is 1. The monoisotopic (exact) mass is 342 g/mol. The third-order valence-corrected chi connectivity index (χ3v) is 5.02. The summed E-state index contributed by atoms with van der Waals surface area (Å²) >= 11 is 0. The first-order valence-corrected chi connectivity index (χ1v) is 9.03. The first kappa shape index (κ1) is 16.6. The molecule has 0 radical (unpaired) electrons. The maximum Gasteiger partial charge on any atom is 0.229 e. The van der Waals surface area contributed by atoms with Crippen molar-refractivity contribution < 1.29 is 4.79 Å². The van der Waals surface area contributed by atoms with Crippen molar-refractivity contribution in [2.75, 3.05) is 18.4 Å². The Hall–Kier alpha value is -2.91. The zero-order valence-corrected chi connectivity index (χ0v) is 14.6. The fourth-order valence-corrected chi connectivity index (χ4v) is 3.65. The fourth-order valence-electron chi connectivity index (χ4n) is 3.65. The van der Waals surface area contributed by atoms with Gasteiger partial charge in [-0.1, -0.05) is 72.8 Å². The molecule has 0 saturated carbocycles. The summed E-state index contributed by atoms with van der Waals surface area (Å²) in [6.45, 7) is 1.55. The molecule has 1 heterocycles. The molecular weight excluding hydrogens is 320 g/mol. The second kappa shape index (κ2) is 7.54. The number of rotatable bonds is 4. The van der Waals surface area contributed by atoms with Crippen molar-refractivity contribution in [3.05, 3.63) is 90.5 Å². The van der Waals surface area contributed by atoms with Crippen LogP contribution in [0.1, 0.15) is 11.5 Å². The van der Waals surface area contributed by atoms with Gasteiger partial charge in [0.25, 0.3) is 0 Å². The standard InChI is InChI=1S/C23H22N2O/c26-23(22-16-24-15-21(22)18-10-5-2-6-11-18)25-20-13-7-12-19(14-20)17-8-3-1-4-9-17/h1-14,21-22,24H,15-16H2,(H,25,26)/t21-,22+/m0/s1. The molecule has 3 aromatic rings. The maximum atomic E-state index is 12.9. The Morgan fingerprint density at radius 2 is 1.50 bits per heavy atom. The number of carbonyl (C=O) groups is 1. The van der Waals surface area contributed by atoms with Gasteiger partial charge in [0, 0.05) is 24.7 Å². The molecule has 26 heavy (non-hydrogen) atoms. The summed E-state index contributed by atoms with van der Waals surface area (Å²) in [5.41, 5.74) is 4.31. The quantitative estimate of drug-likeness (QED) is 0.742. The van der Waals surface area contributed by atoms with Gasteiger partial charge in [0.05, 0.1) is 5.92 Å². The predicted molar refractivity (Wildman–Crippen MR) is 106 cm³/mol. The minimum absolute atomic E-state index is 0.0576. The third kappa shape index (κ3) is 3.53. The Kier molecular flexibility index (Phi) is 4.80. The largest absolute Gasteiger partial charge is 0.326 e. The molecular formula is C23H22N2O. The number of benzene rings is 3. The van der Waals surface area contributed by atoms with E-state index in [4.69, 9.17) is 0 Å². The molecule has 1 aliphatic rings. The van der Waals surface area contributed by atoms with Gasteiger partial charge < -0.3 is 10.6 Å². The molecule has 0 aliphatic carbocycles. The van der Waals surface area contributed by atoms with Crippen LogP contribution in [0.15, 0.2) is 84.9 Å². The Balaban J connectivity index is 1.51. The van der Waals surface area contributed by atoms with Crippen LogP contribution in [-0.2, 0) is 4.79 Å². The maximum absolute atomic E-state index is 12.9. The highest BCUT2D eigenvalue weighted by Crippen LogP contribution is 2.29. The highest BCUT2D eigenvalue weighted by Gasteiger charge is 2.33. The van der Waals surface area contributed by atoms with Gasteiger partial charge in [-0.05, 0) is 28.8 Å². The van der Waals surface area contributed by atoms with E-state index in [9.17, 15) is 4.79 Å². The van der Waals surface area contributed by atoms with E-state index in [0.717, 1.165) is 23.4 Å². The molecule has 0 unspecified atom stereocenters. The summed E-state index contributed by atoms with van der Waals surface area (Å²) in [5.74, 6) is 0.236. The molecule has 0 aromatic heterocycles. The fraction of sp³-hybridized carbons (Fsp3) is 0.174. The lowest BCUT2D eigenvalue weighted by molar-refractivity contribution is -0.119. The highest BCUT2D eigenvalue weighted by molar-refractivity contribution is 5.94. The van der Waals surface area contributed by atoms with Gasteiger partial charge in [-0.3, -0.25) is 4.79 Å². The van der Waals surface area contributed by atoms with E-state index < -0.39 is 0 Å². The normalized spacial score (nSPS) is 19.2. The molecule has 1 saturated heterocycles. The van der Waals surface area contributed by atoms with Gasteiger partial charge in [0.15, 0.2) is 0 Å². The Bertz CT molecular complexity index is 877. The van der Waals surface area contributed by atoms with Crippen molar-refractivity contribution in [2.45, 2.75) is 5.92 Å². The smallest absolute Gasteiger partial charge is 0.229 e. The lowest BCUT2D eigenvalue weighted by Gasteiger charge is -2.19. The van der Waals surface area contributed by atoms with Gasteiger partial charge in [-0.2, -0.15) is 0 Å². The van der Waals surface area contributed by atoms with E-state index in [1.54, 1.807) is 0 Å². The summed E-state index contributed by atoms with van der Waals surface area (Å²) in [5, 5.41) is 6.48. The van der Waals surface area contributed by atoms with Crippen LogP contribution in [-0.4, -0.2) is 19.0 Å². The van der Waals surface area contributed by atoms with Crippen LogP contribution in [0, 0.1) is 5.92 Å². The van der Waals surface area contributed by atoms with Crippen molar-refractivity contribution in [1.82, 2.24) is 5.32 Å². The van der Waals surface area contributed by atoms with E-state index >= 15 is 0 Å². The summed E-state index contributed by atoms with van der Waals surface area (Å²) < 4.78 is 0. The van der Waals surface area contributed by atoms with Gasteiger partial charge in [-0.15, -0.1) is 0 Å². The Morgan fingerprint density at radius 3 is 2.27 bits per heavy atom. The van der Waals surface area contributed by atoms with Crippen molar-refractivity contribution in [2.24, 2.45) is 5.92 Å². The zero-order chi connectivity index (χ0) is 17.8. The molecule has 3 aromatic carbocycles. The van der Waals surface area contributed by atoms with E-state index in [1.807, 2.05) is 54.6 Å². The van der Waals surface area contributed by atoms with Crippen LogP contribution in [0.4, 0.5) is 5.69 Å². The summed E-state index contributed by atoms with van der Waals surface area (Å²) in [7, 11) is 0. The minimum Gasteiger partial charge on any atom is -0.326 e. The van der Waals surface area contributed by atoms with Crippen molar-refractivity contribution >= 4 is 11.6 Å². The molecule has 130 valence electrons. The van der Waals surface area contributed by atoms with E-state index in [-0.39, 0.29) is 17.7 Å². The van der Waals surface area contributed by atoms with Crippen LogP contribution in [0.5, 0.6) is 0 Å². The van der Waals surface area contributed by atoms with Crippen molar-refractivity contribution in [3.63, 3.8) is 0 Å². The Labute approximate surface area is 154 Å². The lowest BCUT2D eigenvalue weighted by atomic mass is 9.88.